The maximum absolute atomic E-state index is 13.7. The van der Waals surface area contributed by atoms with E-state index in [0.29, 0.717) is 5.02 Å². The third kappa shape index (κ3) is 4.75. The van der Waals surface area contributed by atoms with Crippen LogP contribution in [0.2, 0.25) is 5.02 Å². The number of carbonyl (C=O) groups excluding carboxylic acids is 2. The number of benzene rings is 4. The summed E-state index contributed by atoms with van der Waals surface area (Å²) in [6.45, 7) is 1.94. The van der Waals surface area contributed by atoms with E-state index in [4.69, 9.17) is 11.6 Å². The SMILES string of the molecule is C[C@H](NC(=O)c1ccc2c(c1)N(Cc1cccc(Cl)c1)C(=O)c1ccccc1S2(=O)=O)c1ccccc1. The van der Waals surface area contributed by atoms with Crippen molar-refractivity contribution in [3.05, 3.63) is 124 Å². The molecule has 0 spiro atoms. The molecule has 37 heavy (non-hydrogen) atoms. The molecular weight excluding hydrogens is 508 g/mol. The Morgan fingerprint density at radius 1 is 0.892 bits per heavy atom. The minimum absolute atomic E-state index is 0.0412. The van der Waals surface area contributed by atoms with Crippen LogP contribution in [-0.4, -0.2) is 20.2 Å². The summed E-state index contributed by atoms with van der Waals surface area (Å²) < 4.78 is 27.3. The maximum atomic E-state index is 13.7. The molecular formula is C29H23ClN2O4S. The van der Waals surface area contributed by atoms with E-state index in [9.17, 15) is 18.0 Å². The lowest BCUT2D eigenvalue weighted by Crippen LogP contribution is -2.31. The van der Waals surface area contributed by atoms with Crippen molar-refractivity contribution in [3.63, 3.8) is 0 Å². The molecule has 1 N–H and O–H groups in total. The van der Waals surface area contributed by atoms with Crippen molar-refractivity contribution in [2.24, 2.45) is 0 Å². The largest absolute Gasteiger partial charge is 0.346 e. The van der Waals surface area contributed by atoms with Crippen molar-refractivity contribution in [3.8, 4) is 0 Å². The van der Waals surface area contributed by atoms with Crippen molar-refractivity contribution in [1.29, 1.82) is 0 Å². The Balaban J connectivity index is 1.61. The fraction of sp³-hybridized carbons (Fsp3) is 0.103. The van der Waals surface area contributed by atoms with Crippen molar-refractivity contribution in [2.75, 3.05) is 4.90 Å². The van der Waals surface area contributed by atoms with Crippen molar-refractivity contribution < 1.29 is 18.0 Å². The second-order valence-electron chi connectivity index (χ2n) is 8.81. The molecule has 1 heterocycles. The van der Waals surface area contributed by atoms with Gasteiger partial charge >= 0.3 is 0 Å². The summed E-state index contributed by atoms with van der Waals surface area (Å²) >= 11 is 6.17. The molecule has 6 nitrogen and oxygen atoms in total. The number of nitrogens with zero attached hydrogens (tertiary/aromatic N) is 1. The molecule has 0 aromatic heterocycles. The number of hydrogen-bond donors (Lipinski definition) is 1. The maximum Gasteiger partial charge on any atom is 0.259 e. The summed E-state index contributed by atoms with van der Waals surface area (Å²) in [6.07, 6.45) is 0. The first-order chi connectivity index (χ1) is 17.8. The fourth-order valence-corrected chi connectivity index (χ4v) is 6.27. The van der Waals surface area contributed by atoms with Crippen LogP contribution in [-0.2, 0) is 16.4 Å². The molecule has 4 aromatic rings. The van der Waals surface area contributed by atoms with E-state index in [2.05, 4.69) is 5.32 Å². The van der Waals surface area contributed by atoms with Gasteiger partial charge in [0.2, 0.25) is 9.84 Å². The van der Waals surface area contributed by atoms with Crippen molar-refractivity contribution in [1.82, 2.24) is 5.32 Å². The van der Waals surface area contributed by atoms with Gasteiger partial charge < -0.3 is 10.2 Å². The fourth-order valence-electron chi connectivity index (χ4n) is 4.43. The van der Waals surface area contributed by atoms with Gasteiger partial charge in [0.05, 0.1) is 33.6 Å². The predicted molar refractivity (Wildman–Crippen MR) is 143 cm³/mol. The molecule has 1 atom stereocenters. The topological polar surface area (TPSA) is 83.6 Å². The number of hydrogen-bond acceptors (Lipinski definition) is 4. The monoisotopic (exact) mass is 530 g/mol. The van der Waals surface area contributed by atoms with Crippen LogP contribution in [0.5, 0.6) is 0 Å². The van der Waals surface area contributed by atoms with Crippen LogP contribution in [0.1, 0.15) is 44.8 Å². The van der Waals surface area contributed by atoms with E-state index in [0.717, 1.165) is 11.1 Å². The number of amides is 2. The van der Waals surface area contributed by atoms with Crippen LogP contribution in [0.15, 0.2) is 107 Å². The molecule has 8 heteroatoms. The number of halogens is 1. The first-order valence-electron chi connectivity index (χ1n) is 11.7. The standard InChI is InChI=1S/C29H23ClN2O4S/c1-19(21-9-3-2-4-10-21)31-28(33)22-14-15-27-25(17-22)32(18-20-8-7-11-23(30)16-20)29(34)24-12-5-6-13-26(24)37(27,35)36/h2-17,19H,18H2,1H3,(H,31,33)/t19-/m0/s1. The second-order valence-corrected chi connectivity index (χ2v) is 11.1. The Bertz CT molecular complexity index is 1620. The molecule has 2 amide bonds. The van der Waals surface area contributed by atoms with E-state index in [1.54, 1.807) is 30.3 Å². The van der Waals surface area contributed by atoms with Gasteiger partial charge in [-0.3, -0.25) is 9.59 Å². The van der Waals surface area contributed by atoms with Crippen LogP contribution in [0.4, 0.5) is 5.69 Å². The minimum Gasteiger partial charge on any atom is -0.346 e. The molecule has 0 aliphatic carbocycles. The minimum atomic E-state index is -4.03. The highest BCUT2D eigenvalue weighted by atomic mass is 35.5. The summed E-state index contributed by atoms with van der Waals surface area (Å²) in [4.78, 5) is 28.2. The van der Waals surface area contributed by atoms with Gasteiger partial charge in [0.15, 0.2) is 0 Å². The Kier molecular flexibility index (Phi) is 6.58. The normalized spacial score (nSPS) is 14.8. The average Bonchev–Trinajstić information content (AvgIpc) is 2.97. The number of rotatable bonds is 5. The molecule has 0 saturated carbocycles. The van der Waals surface area contributed by atoms with Gasteiger partial charge in [0.25, 0.3) is 11.8 Å². The quantitative estimate of drug-likeness (QED) is 0.352. The van der Waals surface area contributed by atoms with Gasteiger partial charge in [-0.15, -0.1) is 0 Å². The smallest absolute Gasteiger partial charge is 0.259 e. The van der Waals surface area contributed by atoms with Gasteiger partial charge in [-0.2, -0.15) is 0 Å². The van der Waals surface area contributed by atoms with Crippen LogP contribution < -0.4 is 10.2 Å². The van der Waals surface area contributed by atoms with E-state index < -0.39 is 15.7 Å². The van der Waals surface area contributed by atoms with Crippen molar-refractivity contribution in [2.45, 2.75) is 29.3 Å². The zero-order valence-corrected chi connectivity index (χ0v) is 21.5. The molecule has 0 bridgehead atoms. The second kappa shape index (κ2) is 9.84. The molecule has 0 saturated heterocycles. The highest BCUT2D eigenvalue weighted by Gasteiger charge is 2.36. The summed E-state index contributed by atoms with van der Waals surface area (Å²) in [5, 5.41) is 3.44. The van der Waals surface area contributed by atoms with E-state index in [1.165, 1.54) is 35.2 Å². The van der Waals surface area contributed by atoms with Crippen LogP contribution in [0.25, 0.3) is 0 Å². The number of carbonyl (C=O) groups is 2. The Morgan fingerprint density at radius 2 is 1.62 bits per heavy atom. The predicted octanol–water partition coefficient (Wildman–Crippen LogP) is 5.82. The first-order valence-corrected chi connectivity index (χ1v) is 13.5. The van der Waals surface area contributed by atoms with E-state index in [1.807, 2.05) is 43.3 Å². The number of anilines is 1. The number of nitrogens with one attached hydrogen (secondary N) is 1. The molecule has 0 radical (unpaired) electrons. The van der Waals surface area contributed by atoms with E-state index in [-0.39, 0.29) is 45.1 Å². The summed E-state index contributed by atoms with van der Waals surface area (Å²) in [7, 11) is -4.03. The number of fused-ring (bicyclic) bond motifs is 2. The van der Waals surface area contributed by atoms with Gasteiger partial charge in [0.1, 0.15) is 0 Å². The molecule has 0 unspecified atom stereocenters. The summed E-state index contributed by atoms with van der Waals surface area (Å²) in [6, 6.07) is 26.7. The van der Waals surface area contributed by atoms with E-state index >= 15 is 0 Å². The van der Waals surface area contributed by atoms with Gasteiger partial charge in [-0.25, -0.2) is 8.42 Å². The lowest BCUT2D eigenvalue weighted by Gasteiger charge is -2.24. The van der Waals surface area contributed by atoms with Crippen LogP contribution >= 0.6 is 11.6 Å². The molecule has 5 rings (SSSR count). The van der Waals surface area contributed by atoms with Crippen molar-refractivity contribution >= 4 is 38.9 Å². The Labute approximate surface area is 220 Å². The molecule has 1 aliphatic rings. The third-order valence-corrected chi connectivity index (χ3v) is 8.42. The Hall–Kier alpha value is -3.94. The summed E-state index contributed by atoms with van der Waals surface area (Å²) in [5.74, 6) is -0.860. The molecule has 0 fully saturated rings. The average molecular weight is 531 g/mol. The van der Waals surface area contributed by atoms with Crippen LogP contribution in [0, 0.1) is 0 Å². The Morgan fingerprint density at radius 3 is 2.38 bits per heavy atom. The molecule has 1 aliphatic heterocycles. The lowest BCUT2D eigenvalue weighted by molar-refractivity contribution is 0.0937. The third-order valence-electron chi connectivity index (χ3n) is 6.33. The summed E-state index contributed by atoms with van der Waals surface area (Å²) in [5.41, 5.74) is 2.11. The first kappa shape index (κ1) is 24.7. The zero-order valence-electron chi connectivity index (χ0n) is 19.9. The molecule has 4 aromatic carbocycles. The highest BCUT2D eigenvalue weighted by molar-refractivity contribution is 7.91. The molecule has 186 valence electrons. The highest BCUT2D eigenvalue weighted by Crippen LogP contribution is 2.38. The van der Waals surface area contributed by atoms with Crippen LogP contribution in [0.3, 0.4) is 0 Å². The van der Waals surface area contributed by atoms with Gasteiger partial charge in [0, 0.05) is 10.6 Å². The number of sulfone groups is 1. The zero-order chi connectivity index (χ0) is 26.2. The van der Waals surface area contributed by atoms with Gasteiger partial charge in [-0.05, 0) is 60.5 Å². The van der Waals surface area contributed by atoms with Gasteiger partial charge in [-0.1, -0.05) is 66.2 Å². The lowest BCUT2D eigenvalue weighted by atomic mass is 10.1.